The minimum Gasteiger partial charge on any atom is -0.451 e. The Balaban J connectivity index is 1.90. The Bertz CT molecular complexity index is 913. The van der Waals surface area contributed by atoms with Crippen molar-refractivity contribution in [1.82, 2.24) is 0 Å². The summed E-state index contributed by atoms with van der Waals surface area (Å²) < 4.78 is 5.69. The topological polar surface area (TPSA) is 104 Å². The zero-order chi connectivity index (χ0) is 23.1. The zero-order valence-electron chi connectivity index (χ0n) is 19.0. The molecule has 1 spiro atoms. The lowest BCUT2D eigenvalue weighted by Crippen LogP contribution is -2.65. The number of aliphatic hydroxyl groups excluding tert-OH is 2. The van der Waals surface area contributed by atoms with Gasteiger partial charge in [0.05, 0.1) is 12.0 Å². The maximum atomic E-state index is 14.2. The number of aliphatic hydroxyl groups is 3. The Labute approximate surface area is 183 Å². The first-order valence-corrected chi connectivity index (χ1v) is 11.2. The highest BCUT2D eigenvalue weighted by atomic mass is 16.6. The van der Waals surface area contributed by atoms with Gasteiger partial charge in [0.2, 0.25) is 0 Å². The van der Waals surface area contributed by atoms with E-state index in [4.69, 9.17) is 4.74 Å². The van der Waals surface area contributed by atoms with E-state index in [0.717, 1.165) is 6.42 Å². The number of carbonyl (C=O) groups is 2. The summed E-state index contributed by atoms with van der Waals surface area (Å²) in [6, 6.07) is 0. The largest absolute Gasteiger partial charge is 0.451 e. The number of allylic oxidation sites excluding steroid dienone is 1. The van der Waals surface area contributed by atoms with E-state index in [1.807, 2.05) is 6.92 Å². The van der Waals surface area contributed by atoms with Crippen LogP contribution in [-0.4, -0.2) is 51.5 Å². The smallest absolute Gasteiger partial charge is 0.334 e. The number of fused-ring (bicyclic) bond motifs is 3. The molecule has 31 heavy (non-hydrogen) atoms. The molecule has 4 aliphatic carbocycles. The number of rotatable bonds is 4. The molecule has 4 rings (SSSR count). The first-order chi connectivity index (χ1) is 14.4. The van der Waals surface area contributed by atoms with E-state index in [0.29, 0.717) is 17.9 Å². The molecule has 0 aromatic carbocycles. The van der Waals surface area contributed by atoms with Crippen molar-refractivity contribution >= 4 is 11.8 Å². The van der Waals surface area contributed by atoms with Gasteiger partial charge in [-0.1, -0.05) is 46.4 Å². The molecule has 0 saturated heterocycles. The highest BCUT2D eigenvalue weighted by molar-refractivity contribution is 5.96. The molecule has 2 saturated carbocycles. The Morgan fingerprint density at radius 3 is 2.58 bits per heavy atom. The second-order valence-electron chi connectivity index (χ2n) is 10.6. The Morgan fingerprint density at radius 2 is 2.00 bits per heavy atom. The van der Waals surface area contributed by atoms with Gasteiger partial charge in [-0.15, -0.1) is 0 Å². The Morgan fingerprint density at radius 1 is 1.35 bits per heavy atom. The average molecular weight is 431 g/mol. The second-order valence-corrected chi connectivity index (χ2v) is 10.6. The Kier molecular flexibility index (Phi) is 4.97. The van der Waals surface area contributed by atoms with Crippen molar-refractivity contribution in [3.05, 3.63) is 35.5 Å². The first kappa shape index (κ1) is 22.4. The standard InChI is InChI=1S/C25H34O6/c1-7-12(2)22(29)31-21-13(3)10-24-14(4)8-17-18(23(17,5)6)16(20(24)28)9-15(11-26)19(27)25(21,24)30/h9-10,14,16-19,21,26-27,30H,2,7-8,11H2,1,3-6H3/t14-,16+,17-,18+,19-,21+,24+,25+/m1/s1. The van der Waals surface area contributed by atoms with Gasteiger partial charge in [-0.2, -0.15) is 0 Å². The van der Waals surface area contributed by atoms with Crippen molar-refractivity contribution < 1.29 is 29.6 Å². The fourth-order valence-electron chi connectivity index (χ4n) is 6.93. The number of carbonyl (C=O) groups excluding carboxylic acids is 2. The molecule has 6 nitrogen and oxygen atoms in total. The van der Waals surface area contributed by atoms with Crippen LogP contribution >= 0.6 is 0 Å². The van der Waals surface area contributed by atoms with E-state index in [1.165, 1.54) is 0 Å². The van der Waals surface area contributed by atoms with Crippen molar-refractivity contribution in [3.63, 3.8) is 0 Å². The highest BCUT2D eigenvalue weighted by Crippen LogP contribution is 2.71. The lowest BCUT2D eigenvalue weighted by atomic mass is 9.59. The summed E-state index contributed by atoms with van der Waals surface area (Å²) in [7, 11) is 0. The predicted molar refractivity (Wildman–Crippen MR) is 115 cm³/mol. The van der Waals surface area contributed by atoms with Crippen molar-refractivity contribution in [1.29, 1.82) is 0 Å². The van der Waals surface area contributed by atoms with Crippen molar-refractivity contribution in [3.8, 4) is 0 Å². The van der Waals surface area contributed by atoms with Gasteiger partial charge >= 0.3 is 5.97 Å². The number of Topliss-reactive ketones (excluding diaryl/α,β-unsaturated/α-hetero) is 1. The summed E-state index contributed by atoms with van der Waals surface area (Å²) in [6.45, 7) is 13.0. The molecule has 0 aromatic rings. The maximum Gasteiger partial charge on any atom is 0.334 e. The lowest BCUT2D eigenvalue weighted by molar-refractivity contribution is -0.201. The van der Waals surface area contributed by atoms with Crippen LogP contribution in [0.15, 0.2) is 35.5 Å². The summed E-state index contributed by atoms with van der Waals surface area (Å²) in [6.07, 6.45) is 1.76. The van der Waals surface area contributed by atoms with Gasteiger partial charge in [-0.05, 0) is 54.1 Å². The minimum atomic E-state index is -2.10. The van der Waals surface area contributed by atoms with Crippen LogP contribution in [0.25, 0.3) is 0 Å². The van der Waals surface area contributed by atoms with Gasteiger partial charge < -0.3 is 20.1 Å². The number of ketones is 1. The molecule has 3 N–H and O–H groups in total. The molecule has 0 radical (unpaired) electrons. The van der Waals surface area contributed by atoms with Crippen LogP contribution in [-0.2, 0) is 14.3 Å². The van der Waals surface area contributed by atoms with Crippen molar-refractivity contribution in [2.24, 2.45) is 34.5 Å². The van der Waals surface area contributed by atoms with Crippen molar-refractivity contribution in [2.75, 3.05) is 6.61 Å². The minimum absolute atomic E-state index is 0.0250. The fourth-order valence-corrected chi connectivity index (χ4v) is 6.93. The van der Waals surface area contributed by atoms with E-state index in [9.17, 15) is 24.9 Å². The monoisotopic (exact) mass is 430 g/mol. The van der Waals surface area contributed by atoms with Crippen LogP contribution in [0.3, 0.4) is 0 Å². The van der Waals surface area contributed by atoms with Crippen LogP contribution in [0, 0.1) is 34.5 Å². The molecule has 4 aliphatic rings. The van der Waals surface area contributed by atoms with E-state index >= 15 is 0 Å². The predicted octanol–water partition coefficient (Wildman–Crippen LogP) is 2.33. The van der Waals surface area contributed by atoms with Gasteiger partial charge in [-0.3, -0.25) is 4.79 Å². The molecule has 2 bridgehead atoms. The molecule has 0 amide bonds. The van der Waals surface area contributed by atoms with Crippen molar-refractivity contribution in [2.45, 2.75) is 65.3 Å². The normalized spacial score (nSPS) is 44.8. The molecule has 170 valence electrons. The molecular weight excluding hydrogens is 396 g/mol. The highest BCUT2D eigenvalue weighted by Gasteiger charge is 2.76. The second kappa shape index (κ2) is 6.87. The summed E-state index contributed by atoms with van der Waals surface area (Å²) in [5.74, 6) is -1.21. The molecule has 2 fully saturated rings. The van der Waals surface area contributed by atoms with Gasteiger partial charge in [0.25, 0.3) is 0 Å². The average Bonchev–Trinajstić information content (AvgIpc) is 3.21. The number of hydrogen-bond donors (Lipinski definition) is 3. The summed E-state index contributed by atoms with van der Waals surface area (Å²) in [5, 5.41) is 33.7. The molecular formula is C25H34O6. The van der Waals surface area contributed by atoms with E-state index in [2.05, 4.69) is 20.4 Å². The maximum absolute atomic E-state index is 14.2. The van der Waals surface area contributed by atoms with Crippen LogP contribution < -0.4 is 0 Å². The fraction of sp³-hybridized carbons (Fsp3) is 0.680. The quantitative estimate of drug-likeness (QED) is 0.359. The summed E-state index contributed by atoms with van der Waals surface area (Å²) in [4.78, 5) is 26.8. The van der Waals surface area contributed by atoms with Gasteiger partial charge in [0, 0.05) is 11.5 Å². The zero-order valence-corrected chi connectivity index (χ0v) is 19.0. The molecule has 0 unspecified atom stereocenters. The number of hydrogen-bond acceptors (Lipinski definition) is 6. The third-order valence-electron chi connectivity index (χ3n) is 8.84. The van der Waals surface area contributed by atoms with Crippen LogP contribution in [0.5, 0.6) is 0 Å². The molecule has 0 aromatic heterocycles. The Hall–Kier alpha value is -1.76. The van der Waals surface area contributed by atoms with Crippen LogP contribution in [0.2, 0.25) is 0 Å². The molecule has 0 heterocycles. The van der Waals surface area contributed by atoms with Gasteiger partial charge in [0.15, 0.2) is 17.5 Å². The van der Waals surface area contributed by atoms with E-state index in [1.54, 1.807) is 26.0 Å². The van der Waals surface area contributed by atoms with E-state index in [-0.39, 0.29) is 34.2 Å². The first-order valence-electron chi connectivity index (χ1n) is 11.2. The van der Waals surface area contributed by atoms with Gasteiger partial charge in [0.1, 0.15) is 6.10 Å². The molecule has 6 heteroatoms. The number of ether oxygens (including phenoxy) is 1. The molecule has 8 atom stereocenters. The molecule has 0 aliphatic heterocycles. The van der Waals surface area contributed by atoms with Gasteiger partial charge in [-0.25, -0.2) is 4.79 Å². The summed E-state index contributed by atoms with van der Waals surface area (Å²) >= 11 is 0. The lowest BCUT2D eigenvalue weighted by Gasteiger charge is -2.48. The van der Waals surface area contributed by atoms with Crippen LogP contribution in [0.1, 0.15) is 47.5 Å². The third-order valence-corrected chi connectivity index (χ3v) is 8.84. The summed E-state index contributed by atoms with van der Waals surface area (Å²) in [5.41, 5.74) is -2.54. The number of esters is 1. The van der Waals surface area contributed by atoms with E-state index < -0.39 is 41.7 Å². The van der Waals surface area contributed by atoms with Crippen LogP contribution in [0.4, 0.5) is 0 Å². The third kappa shape index (κ3) is 2.61. The SMILES string of the molecule is C=C(CC)C(=O)O[C@H]1C(C)=C[C@]23C(=O)[C@@H](C=C(CO)[C@@H](O)[C@]12O)[C@H]1[C@@H](C[C@H]3C)C1(C)C.